The number of unbranched alkanes of at least 4 members (excludes halogenated alkanes) is 1. The van der Waals surface area contributed by atoms with Gasteiger partial charge in [0.1, 0.15) is 7.05 Å². The maximum atomic E-state index is 5.93. The summed E-state index contributed by atoms with van der Waals surface area (Å²) >= 11 is 35.6. The Morgan fingerprint density at radius 1 is 0.614 bits per heavy atom. The van der Waals surface area contributed by atoms with Crippen LogP contribution in [0.5, 0.6) is 0 Å². The SMILES string of the molecule is CCCC[B-](c1ccccc1)(c1ccccc1)c1ccccc1.C[N+]1=C(C=CC=Cc2nc(C(Cl)(Cl)Cl)nc(C(Cl)(Cl)Cl)n2)C(C)(C)c2cc3ccccc3cc21. The zero-order chi connectivity index (χ0) is 40.8. The summed E-state index contributed by atoms with van der Waals surface area (Å²) in [7, 11) is 2.07. The molecule has 0 amide bonds. The van der Waals surface area contributed by atoms with Crippen molar-refractivity contribution in [3.63, 3.8) is 0 Å². The van der Waals surface area contributed by atoms with Crippen LogP contribution in [0.1, 0.15) is 56.6 Å². The van der Waals surface area contributed by atoms with Crippen LogP contribution in [-0.4, -0.2) is 38.4 Å². The van der Waals surface area contributed by atoms with Gasteiger partial charge in [-0.1, -0.05) is 217 Å². The highest BCUT2D eigenvalue weighted by Crippen LogP contribution is 2.42. The van der Waals surface area contributed by atoms with Crippen LogP contribution in [0.25, 0.3) is 16.8 Å². The molecule has 0 aliphatic carbocycles. The Morgan fingerprint density at radius 2 is 1.05 bits per heavy atom. The Labute approximate surface area is 366 Å². The van der Waals surface area contributed by atoms with E-state index < -0.39 is 13.7 Å². The minimum atomic E-state index is -1.90. The average molecular weight is 875 g/mol. The predicted octanol–water partition coefficient (Wildman–Crippen LogP) is 11.9. The molecule has 5 aromatic carbocycles. The lowest BCUT2D eigenvalue weighted by Gasteiger charge is -2.43. The first-order chi connectivity index (χ1) is 27.2. The van der Waals surface area contributed by atoms with Crippen LogP contribution in [0.4, 0.5) is 5.69 Å². The molecule has 6 aromatic rings. The Balaban J connectivity index is 0.000000208. The summed E-state index contributed by atoms with van der Waals surface area (Å²) in [6.07, 6.45) is 10.1. The Kier molecular flexibility index (Phi) is 13.6. The van der Waals surface area contributed by atoms with Crippen LogP contribution in [0.15, 0.2) is 146 Å². The van der Waals surface area contributed by atoms with Gasteiger partial charge in [-0.15, -0.1) is 0 Å². The van der Waals surface area contributed by atoms with Gasteiger partial charge in [0.05, 0.1) is 11.6 Å². The van der Waals surface area contributed by atoms with E-state index in [0.717, 1.165) is 5.71 Å². The number of benzene rings is 5. The molecule has 0 saturated carbocycles. The van der Waals surface area contributed by atoms with E-state index in [1.165, 1.54) is 57.6 Å². The molecule has 292 valence electrons. The fourth-order valence-corrected chi connectivity index (χ4v) is 8.46. The van der Waals surface area contributed by atoms with E-state index in [4.69, 9.17) is 69.6 Å². The number of hydrogen-bond acceptors (Lipinski definition) is 3. The molecule has 2 heterocycles. The molecule has 0 bridgehead atoms. The van der Waals surface area contributed by atoms with Crippen LogP contribution in [0.2, 0.25) is 6.32 Å². The zero-order valence-corrected chi connectivity index (χ0v) is 36.7. The first kappa shape index (κ1) is 42.9. The Hall–Kier alpha value is -3.68. The summed E-state index contributed by atoms with van der Waals surface area (Å²) in [5.74, 6) is -0.0714. The third-order valence-electron chi connectivity index (χ3n) is 10.8. The molecule has 0 saturated heterocycles. The normalized spacial score (nSPS) is 14.3. The molecule has 0 fully saturated rings. The largest absolute Gasteiger partial charge is 0.250 e. The number of hydrogen-bond donors (Lipinski definition) is 0. The van der Waals surface area contributed by atoms with Gasteiger partial charge in [0, 0.05) is 17.7 Å². The smallest absolute Gasteiger partial charge is 0.209 e. The van der Waals surface area contributed by atoms with Crippen molar-refractivity contribution in [3.05, 3.63) is 169 Å². The number of nitrogens with zero attached hydrogens (tertiary/aromatic N) is 4. The minimum Gasteiger partial charge on any atom is -0.209 e. The van der Waals surface area contributed by atoms with Crippen LogP contribution in [-0.2, 0) is 13.0 Å². The van der Waals surface area contributed by atoms with Gasteiger partial charge >= 0.3 is 0 Å². The molecule has 1 aromatic heterocycles. The maximum Gasteiger partial charge on any atom is 0.250 e. The number of halogens is 6. The van der Waals surface area contributed by atoms with E-state index in [1.54, 1.807) is 12.2 Å². The lowest BCUT2D eigenvalue weighted by molar-refractivity contribution is -0.401. The van der Waals surface area contributed by atoms with Gasteiger partial charge in [0.25, 0.3) is 0 Å². The molecule has 57 heavy (non-hydrogen) atoms. The minimum absolute atomic E-state index is 0.133. The van der Waals surface area contributed by atoms with Crippen molar-refractivity contribution in [2.75, 3.05) is 7.05 Å². The van der Waals surface area contributed by atoms with Crippen molar-refractivity contribution >= 4 is 120 Å². The van der Waals surface area contributed by atoms with E-state index >= 15 is 0 Å². The second kappa shape index (κ2) is 18.1. The lowest BCUT2D eigenvalue weighted by Crippen LogP contribution is -2.66. The number of alkyl halides is 6. The topological polar surface area (TPSA) is 41.7 Å². The molecular weight excluding hydrogens is 832 g/mol. The highest BCUT2D eigenvalue weighted by molar-refractivity contribution is 7.11. The summed E-state index contributed by atoms with van der Waals surface area (Å²) in [4.78, 5) is 12.3. The summed E-state index contributed by atoms with van der Waals surface area (Å²) in [6.45, 7) is 6.70. The van der Waals surface area contributed by atoms with E-state index in [0.29, 0.717) is 0 Å². The van der Waals surface area contributed by atoms with Crippen LogP contribution in [0.3, 0.4) is 0 Å². The highest BCUT2D eigenvalue weighted by atomic mass is 35.6. The molecular formula is C46H43BCl6N4. The predicted molar refractivity (Wildman–Crippen MR) is 248 cm³/mol. The zero-order valence-electron chi connectivity index (χ0n) is 32.2. The third kappa shape index (κ3) is 9.63. The molecule has 4 nitrogen and oxygen atoms in total. The molecule has 0 N–H and O–H groups in total. The summed E-state index contributed by atoms with van der Waals surface area (Å²) in [5.41, 5.74) is 7.74. The molecule has 1 aliphatic heterocycles. The van der Waals surface area contributed by atoms with Crippen molar-refractivity contribution in [2.45, 2.75) is 52.9 Å². The molecule has 0 atom stereocenters. The quantitative estimate of drug-likeness (QED) is 0.0629. The van der Waals surface area contributed by atoms with Gasteiger partial charge in [-0.3, -0.25) is 0 Å². The first-order valence-electron chi connectivity index (χ1n) is 18.9. The molecule has 0 spiro atoms. The van der Waals surface area contributed by atoms with E-state index in [9.17, 15) is 0 Å². The Bertz CT molecular complexity index is 2280. The Morgan fingerprint density at radius 3 is 1.51 bits per heavy atom. The van der Waals surface area contributed by atoms with Crippen LogP contribution >= 0.6 is 69.6 Å². The van der Waals surface area contributed by atoms with Crippen LogP contribution in [0, 0.1) is 0 Å². The van der Waals surface area contributed by atoms with Gasteiger partial charge < -0.3 is 0 Å². The molecule has 11 heteroatoms. The fraction of sp³-hybridized carbons (Fsp3) is 0.217. The van der Waals surface area contributed by atoms with E-state index in [2.05, 4.69) is 169 Å². The summed E-state index contributed by atoms with van der Waals surface area (Å²) < 4.78 is -1.58. The van der Waals surface area contributed by atoms with Crippen molar-refractivity contribution in [2.24, 2.45) is 0 Å². The van der Waals surface area contributed by atoms with Crippen molar-refractivity contribution in [3.8, 4) is 0 Å². The molecule has 0 unspecified atom stereocenters. The van der Waals surface area contributed by atoms with E-state index in [-0.39, 0.29) is 22.9 Å². The van der Waals surface area contributed by atoms with Gasteiger partial charge in [-0.25, -0.2) is 15.0 Å². The third-order valence-corrected chi connectivity index (χ3v) is 11.8. The van der Waals surface area contributed by atoms with Gasteiger partial charge in [0.2, 0.25) is 13.3 Å². The fourth-order valence-electron chi connectivity index (χ4n) is 7.95. The second-order valence-corrected chi connectivity index (χ2v) is 19.3. The average Bonchev–Trinajstić information content (AvgIpc) is 3.39. The number of fused-ring (bicyclic) bond motifs is 2. The summed E-state index contributed by atoms with van der Waals surface area (Å²) in [5, 5.41) is 2.43. The van der Waals surface area contributed by atoms with Gasteiger partial charge in [0.15, 0.2) is 23.2 Å². The lowest BCUT2D eigenvalue weighted by atomic mass is 9.14. The number of allylic oxidation sites excluding steroid dienone is 3. The maximum absolute atomic E-state index is 5.93. The van der Waals surface area contributed by atoms with Crippen molar-refractivity contribution in [1.82, 2.24) is 15.0 Å². The van der Waals surface area contributed by atoms with E-state index in [1.807, 2.05) is 18.2 Å². The van der Waals surface area contributed by atoms with Crippen molar-refractivity contribution in [1.29, 1.82) is 0 Å². The van der Waals surface area contributed by atoms with Crippen LogP contribution < -0.4 is 16.4 Å². The number of rotatable bonds is 9. The summed E-state index contributed by atoms with van der Waals surface area (Å²) in [6, 6.07) is 46.0. The number of aromatic nitrogens is 3. The highest BCUT2D eigenvalue weighted by Gasteiger charge is 2.43. The standard InChI is InChI=1S/C24H19Cl6N4.C22H24B/c1-22(2)16-12-14-8-4-5-9-15(14)13-17(16)34(3)18(22)10-6-7-11-19-31-20(23(25,26)27)33-21(32-19)24(28,29)30;1-2-3-19-23(20-13-7-4-8-14-20,21-15-9-5-10-16-21)22-17-11-6-12-18-22/h4-13H,1-3H3;4-18H,2-3,19H2,1H3/q+1;-1. The van der Waals surface area contributed by atoms with Gasteiger partial charge in [-0.2, -0.15) is 27.3 Å². The second-order valence-electron chi connectivity index (χ2n) is 14.8. The first-order valence-corrected chi connectivity index (χ1v) is 21.2. The van der Waals surface area contributed by atoms with Crippen molar-refractivity contribution < 1.29 is 4.58 Å². The monoisotopic (exact) mass is 872 g/mol. The molecule has 1 aliphatic rings. The van der Waals surface area contributed by atoms with Gasteiger partial charge in [-0.05, 0) is 36.8 Å². The molecule has 0 radical (unpaired) electrons. The molecule has 7 rings (SSSR count).